The van der Waals surface area contributed by atoms with E-state index >= 15 is 0 Å². The lowest BCUT2D eigenvalue weighted by molar-refractivity contribution is -0.131. The Bertz CT molecular complexity index is 514. The topological polar surface area (TPSA) is 41.6 Å². The number of carbonyl (C=O) groups excluding carboxylic acids is 1. The molecule has 1 aromatic carbocycles. The van der Waals surface area contributed by atoms with Crippen LogP contribution in [0.25, 0.3) is 0 Å². The highest BCUT2D eigenvalue weighted by Crippen LogP contribution is 2.28. The van der Waals surface area contributed by atoms with Crippen molar-refractivity contribution >= 4 is 5.91 Å². The maximum absolute atomic E-state index is 12.4. The fourth-order valence-electron chi connectivity index (χ4n) is 3.31. The first kappa shape index (κ1) is 15.3. The number of rotatable bonds is 7. The minimum Gasteiger partial charge on any atom is -0.496 e. The molecule has 0 spiro atoms. The molecule has 4 nitrogen and oxygen atoms in total. The molecule has 1 aliphatic carbocycles. The molecule has 22 heavy (non-hydrogen) atoms. The number of nitrogens with one attached hydrogen (secondary N) is 1. The van der Waals surface area contributed by atoms with E-state index in [0.29, 0.717) is 12.6 Å². The van der Waals surface area contributed by atoms with Crippen molar-refractivity contribution < 1.29 is 9.53 Å². The highest BCUT2D eigenvalue weighted by Gasteiger charge is 2.29. The van der Waals surface area contributed by atoms with Gasteiger partial charge in [-0.15, -0.1) is 0 Å². The summed E-state index contributed by atoms with van der Waals surface area (Å²) in [5.41, 5.74) is 1.20. The van der Waals surface area contributed by atoms with Crippen LogP contribution in [0.1, 0.15) is 31.2 Å². The second-order valence-electron chi connectivity index (χ2n) is 6.47. The quantitative estimate of drug-likeness (QED) is 0.840. The van der Waals surface area contributed by atoms with Crippen molar-refractivity contribution in [2.75, 3.05) is 26.7 Å². The van der Waals surface area contributed by atoms with Crippen LogP contribution >= 0.6 is 0 Å². The van der Waals surface area contributed by atoms with Gasteiger partial charge >= 0.3 is 0 Å². The first-order valence-corrected chi connectivity index (χ1v) is 8.40. The van der Waals surface area contributed by atoms with E-state index in [0.717, 1.165) is 44.0 Å². The third-order valence-electron chi connectivity index (χ3n) is 4.75. The summed E-state index contributed by atoms with van der Waals surface area (Å²) < 4.78 is 5.43. The number of nitrogens with zero attached hydrogens (tertiary/aromatic N) is 1. The molecule has 1 atom stereocenters. The van der Waals surface area contributed by atoms with E-state index in [9.17, 15) is 4.79 Å². The van der Waals surface area contributed by atoms with E-state index in [-0.39, 0.29) is 5.91 Å². The van der Waals surface area contributed by atoms with Gasteiger partial charge in [-0.2, -0.15) is 0 Å². The van der Waals surface area contributed by atoms with Crippen molar-refractivity contribution in [3.05, 3.63) is 29.8 Å². The van der Waals surface area contributed by atoms with Crippen LogP contribution in [0.3, 0.4) is 0 Å². The summed E-state index contributed by atoms with van der Waals surface area (Å²) >= 11 is 0. The molecule has 1 amide bonds. The van der Waals surface area contributed by atoms with Crippen molar-refractivity contribution in [1.82, 2.24) is 10.2 Å². The maximum atomic E-state index is 12.4. The standard InChI is InChI=1S/C18H26N2O2/c1-22-17-7-3-2-5-15(17)11-16-6-4-10-20(16)18(21)13-19-12-14-8-9-14/h2-3,5,7,14,16,19H,4,6,8-13H2,1H3. The second-order valence-corrected chi connectivity index (χ2v) is 6.47. The monoisotopic (exact) mass is 302 g/mol. The van der Waals surface area contributed by atoms with E-state index in [1.165, 1.54) is 18.4 Å². The highest BCUT2D eigenvalue weighted by molar-refractivity contribution is 5.79. The van der Waals surface area contributed by atoms with Gasteiger partial charge in [-0.3, -0.25) is 4.79 Å². The summed E-state index contributed by atoms with van der Waals surface area (Å²) in [6.45, 7) is 2.37. The molecule has 2 fully saturated rings. The average molecular weight is 302 g/mol. The van der Waals surface area contributed by atoms with E-state index < -0.39 is 0 Å². The van der Waals surface area contributed by atoms with Crippen LogP contribution in [0.15, 0.2) is 24.3 Å². The van der Waals surface area contributed by atoms with Gasteiger partial charge in [0.2, 0.25) is 5.91 Å². The number of methoxy groups -OCH3 is 1. The zero-order valence-corrected chi connectivity index (χ0v) is 13.4. The Balaban J connectivity index is 1.56. The van der Waals surface area contributed by atoms with Gasteiger partial charge in [0, 0.05) is 12.6 Å². The van der Waals surface area contributed by atoms with Gasteiger partial charge < -0.3 is 15.0 Å². The zero-order valence-electron chi connectivity index (χ0n) is 13.4. The maximum Gasteiger partial charge on any atom is 0.236 e. The van der Waals surface area contributed by atoms with Gasteiger partial charge in [0.1, 0.15) is 5.75 Å². The Hall–Kier alpha value is -1.55. The SMILES string of the molecule is COc1ccccc1CC1CCCN1C(=O)CNCC1CC1. The molecule has 0 aromatic heterocycles. The molecule has 120 valence electrons. The molecule has 1 heterocycles. The number of para-hydroxylation sites is 1. The van der Waals surface area contributed by atoms with Gasteiger partial charge in [-0.25, -0.2) is 0 Å². The fraction of sp³-hybridized carbons (Fsp3) is 0.611. The minimum absolute atomic E-state index is 0.248. The summed E-state index contributed by atoms with van der Waals surface area (Å²) in [4.78, 5) is 14.5. The number of ether oxygens (including phenoxy) is 1. The largest absolute Gasteiger partial charge is 0.496 e. The van der Waals surface area contributed by atoms with Crippen LogP contribution in [0.2, 0.25) is 0 Å². The molecular weight excluding hydrogens is 276 g/mol. The van der Waals surface area contributed by atoms with Gasteiger partial charge in [0.15, 0.2) is 0 Å². The summed E-state index contributed by atoms with van der Waals surface area (Å²) in [6.07, 6.45) is 5.72. The van der Waals surface area contributed by atoms with E-state index in [2.05, 4.69) is 16.3 Å². The average Bonchev–Trinajstić information content (AvgIpc) is 3.24. The van der Waals surface area contributed by atoms with Gasteiger partial charge in [-0.05, 0) is 56.2 Å². The molecule has 1 unspecified atom stereocenters. The third-order valence-corrected chi connectivity index (χ3v) is 4.75. The Morgan fingerprint density at radius 1 is 1.32 bits per heavy atom. The van der Waals surface area contributed by atoms with Crippen LogP contribution in [-0.2, 0) is 11.2 Å². The molecule has 3 rings (SSSR count). The summed E-state index contributed by atoms with van der Waals surface area (Å²) in [7, 11) is 1.71. The number of carbonyl (C=O) groups is 1. The number of benzene rings is 1. The fourth-order valence-corrected chi connectivity index (χ4v) is 3.31. The molecule has 2 aliphatic rings. The Morgan fingerprint density at radius 3 is 2.91 bits per heavy atom. The van der Waals surface area contributed by atoms with Crippen LogP contribution in [0.4, 0.5) is 0 Å². The van der Waals surface area contributed by atoms with Gasteiger partial charge in [0.05, 0.1) is 13.7 Å². The van der Waals surface area contributed by atoms with E-state index in [1.807, 2.05) is 18.2 Å². The minimum atomic E-state index is 0.248. The first-order valence-electron chi connectivity index (χ1n) is 8.40. The molecule has 1 aromatic rings. The van der Waals surface area contributed by atoms with Crippen LogP contribution in [0, 0.1) is 5.92 Å². The number of likely N-dealkylation sites (tertiary alicyclic amines) is 1. The lowest BCUT2D eigenvalue weighted by atomic mass is 10.0. The Morgan fingerprint density at radius 2 is 2.14 bits per heavy atom. The summed E-state index contributed by atoms with van der Waals surface area (Å²) in [6, 6.07) is 8.43. The van der Waals surface area contributed by atoms with Crippen molar-refractivity contribution in [3.63, 3.8) is 0 Å². The van der Waals surface area contributed by atoms with E-state index in [1.54, 1.807) is 7.11 Å². The second kappa shape index (κ2) is 7.14. The first-order chi connectivity index (χ1) is 10.8. The molecule has 1 saturated heterocycles. The van der Waals surface area contributed by atoms with Crippen molar-refractivity contribution in [2.24, 2.45) is 5.92 Å². The van der Waals surface area contributed by atoms with Gasteiger partial charge in [0.25, 0.3) is 0 Å². The predicted molar refractivity (Wildman–Crippen MR) is 87.0 cm³/mol. The number of hydrogen-bond acceptors (Lipinski definition) is 3. The molecule has 1 aliphatic heterocycles. The van der Waals surface area contributed by atoms with Crippen LogP contribution in [-0.4, -0.2) is 43.6 Å². The highest BCUT2D eigenvalue weighted by atomic mass is 16.5. The molecule has 0 radical (unpaired) electrons. The van der Waals surface area contributed by atoms with Gasteiger partial charge in [-0.1, -0.05) is 18.2 Å². The summed E-state index contributed by atoms with van der Waals surface area (Å²) in [5, 5.41) is 3.32. The molecule has 1 saturated carbocycles. The summed E-state index contributed by atoms with van der Waals surface area (Å²) in [5.74, 6) is 1.99. The zero-order chi connectivity index (χ0) is 15.4. The number of amides is 1. The lowest BCUT2D eigenvalue weighted by Crippen LogP contribution is -2.42. The smallest absolute Gasteiger partial charge is 0.236 e. The Kier molecular flexibility index (Phi) is 4.98. The lowest BCUT2D eigenvalue weighted by Gasteiger charge is -2.25. The molecule has 0 bridgehead atoms. The van der Waals surface area contributed by atoms with Crippen molar-refractivity contribution in [2.45, 2.75) is 38.1 Å². The predicted octanol–water partition coefficient (Wildman–Crippen LogP) is 2.23. The third kappa shape index (κ3) is 3.80. The van der Waals surface area contributed by atoms with Crippen molar-refractivity contribution in [3.8, 4) is 5.75 Å². The van der Waals surface area contributed by atoms with Crippen LogP contribution in [0.5, 0.6) is 5.75 Å². The normalized spacial score (nSPS) is 21.1. The molecular formula is C18H26N2O2. The molecule has 1 N–H and O–H groups in total. The van der Waals surface area contributed by atoms with E-state index in [4.69, 9.17) is 4.74 Å². The Labute approximate surface area is 132 Å². The molecule has 4 heteroatoms. The van der Waals surface area contributed by atoms with Crippen molar-refractivity contribution in [1.29, 1.82) is 0 Å². The number of hydrogen-bond donors (Lipinski definition) is 1. The van der Waals surface area contributed by atoms with Crippen LogP contribution < -0.4 is 10.1 Å².